The molecule has 0 heterocycles. The molecule has 0 saturated carbocycles. The number of hydrogen-bond donors (Lipinski definition) is 2. The van der Waals surface area contributed by atoms with E-state index in [9.17, 15) is 0 Å². The Hall–Kier alpha value is -1.65. The summed E-state index contributed by atoms with van der Waals surface area (Å²) in [5.41, 5.74) is 0. The summed E-state index contributed by atoms with van der Waals surface area (Å²) >= 11 is 15.8. The first-order valence-corrected chi connectivity index (χ1v) is 14.9. The van der Waals surface area contributed by atoms with E-state index in [-0.39, 0.29) is 0 Å². The Kier molecular flexibility index (Phi) is 12.0. The van der Waals surface area contributed by atoms with E-state index in [1.165, 1.54) is 9.81 Å². The summed E-state index contributed by atoms with van der Waals surface area (Å²) < 4.78 is 4.14. The van der Waals surface area contributed by atoms with Crippen molar-refractivity contribution in [3.63, 3.8) is 0 Å². The van der Waals surface area contributed by atoms with Crippen molar-refractivity contribution in [2.75, 3.05) is 0 Å². The third-order valence-electron chi connectivity index (χ3n) is 3.25. The fourth-order valence-corrected chi connectivity index (χ4v) is 11.3. The van der Waals surface area contributed by atoms with Crippen LogP contribution in [0.25, 0.3) is 0 Å². The first-order valence-electron chi connectivity index (χ1n) is 8.56. The monoisotopic (exact) mass is 662 g/mol. The van der Waals surface area contributed by atoms with Gasteiger partial charge in [0.1, 0.15) is 0 Å². The zero-order valence-corrected chi connectivity index (χ0v) is 22.0. The van der Waals surface area contributed by atoms with E-state index in [1.807, 2.05) is 36.4 Å². The van der Waals surface area contributed by atoms with Crippen molar-refractivity contribution in [2.45, 2.75) is 13.8 Å². The Labute approximate surface area is 198 Å². The van der Waals surface area contributed by atoms with Crippen LogP contribution in [0.15, 0.2) is 72.8 Å². The van der Waals surface area contributed by atoms with E-state index < -0.39 is 33.7 Å². The first kappa shape index (κ1) is 26.4. The van der Waals surface area contributed by atoms with Gasteiger partial charge in [-0.1, -0.05) is 0 Å². The number of aliphatic carboxylic acids is 2. The van der Waals surface area contributed by atoms with Crippen molar-refractivity contribution < 1.29 is 19.8 Å². The zero-order valence-electron chi connectivity index (χ0n) is 16.2. The molecule has 0 spiro atoms. The minimum absolute atomic E-state index is 0.764. The number of carbonyl (C=O) groups is 2. The molecule has 8 heteroatoms. The van der Waals surface area contributed by atoms with Crippen molar-refractivity contribution in [2.24, 2.45) is 0 Å². The van der Waals surface area contributed by atoms with Crippen LogP contribution in [0.5, 0.6) is 0 Å². The van der Waals surface area contributed by atoms with Crippen molar-refractivity contribution in [3.8, 4) is 0 Å². The van der Waals surface area contributed by atoms with Gasteiger partial charge in [-0.3, -0.25) is 9.59 Å². The maximum atomic E-state index is 9.00. The average molecular weight is 664 g/mol. The average Bonchev–Trinajstić information content (AvgIpc) is 2.66. The summed E-state index contributed by atoms with van der Waals surface area (Å²) in [6, 6.07) is 24.6. The van der Waals surface area contributed by atoms with Gasteiger partial charge in [0.05, 0.1) is 0 Å². The van der Waals surface area contributed by atoms with E-state index in [4.69, 9.17) is 54.6 Å². The Morgan fingerprint density at radius 1 is 0.567 bits per heavy atom. The molecule has 158 valence electrons. The third kappa shape index (κ3) is 10.4. The molecule has 3 rings (SSSR count). The van der Waals surface area contributed by atoms with Gasteiger partial charge >= 0.3 is 154 Å². The molecule has 0 bridgehead atoms. The summed E-state index contributed by atoms with van der Waals surface area (Å²) in [6.45, 7) is 2.17. The summed E-state index contributed by atoms with van der Waals surface area (Å²) in [4.78, 5) is 18.0. The molecule has 0 aliphatic rings. The Morgan fingerprint density at radius 2 is 0.733 bits per heavy atom. The van der Waals surface area contributed by atoms with Gasteiger partial charge in [0.15, 0.2) is 0 Å². The molecule has 0 unspecified atom stereocenters. The Morgan fingerprint density at radius 3 is 0.900 bits per heavy atom. The summed E-state index contributed by atoms with van der Waals surface area (Å²) in [5, 5.41) is 17.1. The topological polar surface area (TPSA) is 74.6 Å². The van der Waals surface area contributed by atoms with Crippen molar-refractivity contribution in [3.05, 3.63) is 87.9 Å². The maximum absolute atomic E-state index is 9.00. The van der Waals surface area contributed by atoms with E-state index in [0.717, 1.165) is 28.9 Å². The molecule has 4 nitrogen and oxygen atoms in total. The molecule has 3 aromatic carbocycles. The molecule has 2 N–H and O–H groups in total. The molecule has 3 aromatic rings. The fourth-order valence-electron chi connectivity index (χ4n) is 2.22. The molecular formula is C22H20BiCl3O4. The van der Waals surface area contributed by atoms with Crippen LogP contribution in [0.2, 0.25) is 15.1 Å². The predicted octanol–water partition coefficient (Wildman–Crippen LogP) is 4.34. The molecule has 0 atom stereocenters. The Balaban J connectivity index is 0.000000485. The number of hydrogen-bond acceptors (Lipinski definition) is 2. The summed E-state index contributed by atoms with van der Waals surface area (Å²) in [5.74, 6) is -1.67. The van der Waals surface area contributed by atoms with Crippen LogP contribution >= 0.6 is 34.8 Å². The molecule has 0 amide bonds. The zero-order chi connectivity index (χ0) is 22.7. The van der Waals surface area contributed by atoms with Gasteiger partial charge in [0, 0.05) is 13.8 Å². The van der Waals surface area contributed by atoms with Gasteiger partial charge in [0.25, 0.3) is 11.9 Å². The van der Waals surface area contributed by atoms with Gasteiger partial charge in [-0.15, -0.1) is 0 Å². The normalized spacial score (nSPS) is 9.67. The molecular weight excluding hydrogens is 644 g/mol. The van der Waals surface area contributed by atoms with Crippen LogP contribution < -0.4 is 9.81 Å². The van der Waals surface area contributed by atoms with Crippen LogP contribution in [0.1, 0.15) is 13.8 Å². The van der Waals surface area contributed by atoms with E-state index in [2.05, 4.69) is 36.4 Å². The van der Waals surface area contributed by atoms with Crippen LogP contribution in [0.4, 0.5) is 0 Å². The second kappa shape index (κ2) is 13.6. The van der Waals surface area contributed by atoms with E-state index >= 15 is 0 Å². The second-order valence-electron chi connectivity index (χ2n) is 5.80. The standard InChI is InChI=1S/3C6H4Cl.2C2H4O2.Bi/c3*7-6-4-2-1-3-5-6;2*1-2(3)4;/h3*2-5H;2*1H3,(H,3,4);. The number of benzene rings is 3. The van der Waals surface area contributed by atoms with Gasteiger partial charge in [-0.05, 0) is 0 Å². The number of carboxylic acids is 2. The molecule has 0 aliphatic carbocycles. The van der Waals surface area contributed by atoms with E-state index in [0.29, 0.717) is 0 Å². The minimum atomic E-state index is -2.32. The van der Waals surface area contributed by atoms with Crippen molar-refractivity contribution >= 4 is 78.3 Å². The van der Waals surface area contributed by atoms with Crippen LogP contribution in [0, 0.1) is 0 Å². The van der Waals surface area contributed by atoms with Crippen LogP contribution in [-0.2, 0) is 9.59 Å². The van der Waals surface area contributed by atoms with Crippen LogP contribution in [-0.4, -0.2) is 43.9 Å². The summed E-state index contributed by atoms with van der Waals surface area (Å²) in [6.07, 6.45) is 0. The molecule has 0 radical (unpaired) electrons. The number of rotatable bonds is 3. The van der Waals surface area contributed by atoms with Gasteiger partial charge in [-0.25, -0.2) is 0 Å². The molecule has 0 saturated heterocycles. The molecule has 0 aliphatic heterocycles. The predicted molar refractivity (Wildman–Crippen MR) is 126 cm³/mol. The van der Waals surface area contributed by atoms with Gasteiger partial charge in [-0.2, -0.15) is 0 Å². The number of halogens is 3. The third-order valence-corrected chi connectivity index (χ3v) is 13.5. The quantitative estimate of drug-likeness (QED) is 0.409. The second-order valence-corrected chi connectivity index (χ2v) is 15.7. The molecule has 30 heavy (non-hydrogen) atoms. The fraction of sp³-hybridized carbons (Fsp3) is 0.0909. The SMILES string of the molecule is CC(=O)O.CC(=O)O.Clc1cc[c]([Bi]([c]2ccc(Cl)cc2)[c]2ccc(Cl)cc2)cc1. The molecule has 0 aromatic heterocycles. The Bertz CT molecular complexity index is 815. The van der Waals surface area contributed by atoms with Crippen molar-refractivity contribution in [1.82, 2.24) is 0 Å². The van der Waals surface area contributed by atoms with Gasteiger partial charge in [0.2, 0.25) is 0 Å². The van der Waals surface area contributed by atoms with E-state index in [1.54, 1.807) is 0 Å². The summed E-state index contributed by atoms with van der Waals surface area (Å²) in [7, 11) is 0. The van der Waals surface area contributed by atoms with Crippen LogP contribution in [0.3, 0.4) is 0 Å². The van der Waals surface area contributed by atoms with Gasteiger partial charge < -0.3 is 10.2 Å². The number of carboxylic acid groups (broad SMARTS) is 2. The molecule has 0 fully saturated rings. The van der Waals surface area contributed by atoms with Crippen molar-refractivity contribution in [1.29, 1.82) is 0 Å². The first-order chi connectivity index (χ1) is 14.1.